The van der Waals surface area contributed by atoms with Crippen LogP contribution in [-0.2, 0) is 18.6 Å². The number of thioether (sulfide) groups is 1. The zero-order valence-electron chi connectivity index (χ0n) is 18.6. The number of para-hydroxylation sites is 2. The molecule has 8 heteroatoms. The van der Waals surface area contributed by atoms with E-state index in [0.717, 1.165) is 40.7 Å². The van der Waals surface area contributed by atoms with Gasteiger partial charge < -0.3 is 4.98 Å². The zero-order valence-corrected chi connectivity index (χ0v) is 20.3. The lowest BCUT2D eigenvalue weighted by molar-refractivity contribution is 0.700. The Kier molecular flexibility index (Phi) is 5.34. The second-order valence-corrected chi connectivity index (χ2v) is 10.6. The van der Waals surface area contributed by atoms with Crippen LogP contribution in [-0.4, -0.2) is 19.5 Å². The van der Waals surface area contributed by atoms with Crippen LogP contribution >= 0.6 is 23.1 Å². The van der Waals surface area contributed by atoms with Gasteiger partial charge in [-0.2, -0.15) is 0 Å². The van der Waals surface area contributed by atoms with Gasteiger partial charge in [0.1, 0.15) is 10.7 Å². The quantitative estimate of drug-likeness (QED) is 0.280. The van der Waals surface area contributed by atoms with Crippen LogP contribution in [0.15, 0.2) is 63.3 Å². The van der Waals surface area contributed by atoms with E-state index in [2.05, 4.69) is 4.98 Å². The predicted molar refractivity (Wildman–Crippen MR) is 139 cm³/mol. The summed E-state index contributed by atoms with van der Waals surface area (Å²) in [5.74, 6) is 1.00. The number of H-pyrrole nitrogens is 1. The van der Waals surface area contributed by atoms with Gasteiger partial charge in [-0.3, -0.25) is 14.2 Å². The smallest absolute Gasteiger partial charge is 0.266 e. The molecule has 0 bridgehead atoms. The maximum Gasteiger partial charge on any atom is 0.266 e. The highest BCUT2D eigenvalue weighted by Gasteiger charge is 2.20. The van der Waals surface area contributed by atoms with Crippen molar-refractivity contribution in [3.8, 4) is 5.69 Å². The highest BCUT2D eigenvalue weighted by Crippen LogP contribution is 2.34. The number of hydrogen-bond donors (Lipinski definition) is 1. The Morgan fingerprint density at radius 1 is 1.03 bits per heavy atom. The summed E-state index contributed by atoms with van der Waals surface area (Å²) in [7, 11) is 0. The highest BCUT2D eigenvalue weighted by molar-refractivity contribution is 7.98. The Bertz CT molecular complexity index is 1680. The number of nitrogens with one attached hydrogen (secondary N) is 1. The number of thiophene rings is 1. The molecule has 1 N–H and O–H groups in total. The summed E-state index contributed by atoms with van der Waals surface area (Å²) in [4.78, 5) is 41.1. The SMILES string of the molecule is Cc1ccccc1-n1c(SCc2nc3sc4c(c3c(=O)[nH]2)CCCC4)nc2ccccc2c1=O. The largest absolute Gasteiger partial charge is 0.309 e. The molecule has 0 spiro atoms. The minimum absolute atomic E-state index is 0.0669. The van der Waals surface area contributed by atoms with E-state index in [9.17, 15) is 9.59 Å². The van der Waals surface area contributed by atoms with Crippen LogP contribution in [0.1, 0.15) is 34.7 Å². The first kappa shape index (κ1) is 21.3. The van der Waals surface area contributed by atoms with Crippen molar-refractivity contribution in [3.05, 3.63) is 91.1 Å². The molecule has 0 amide bonds. The molecule has 0 fully saturated rings. The van der Waals surface area contributed by atoms with Gasteiger partial charge in [-0.15, -0.1) is 11.3 Å². The maximum atomic E-state index is 13.5. The van der Waals surface area contributed by atoms with Crippen molar-refractivity contribution in [3.63, 3.8) is 0 Å². The Hall–Kier alpha value is -3.23. The van der Waals surface area contributed by atoms with Gasteiger partial charge in [0.25, 0.3) is 11.1 Å². The fourth-order valence-electron chi connectivity index (χ4n) is 4.65. The Morgan fingerprint density at radius 2 is 1.82 bits per heavy atom. The van der Waals surface area contributed by atoms with Crippen LogP contribution < -0.4 is 11.1 Å². The van der Waals surface area contributed by atoms with Crippen molar-refractivity contribution >= 4 is 44.2 Å². The first-order chi connectivity index (χ1) is 16.6. The monoisotopic (exact) mass is 486 g/mol. The van der Waals surface area contributed by atoms with Crippen LogP contribution in [0.25, 0.3) is 26.8 Å². The fourth-order valence-corrected chi connectivity index (χ4v) is 6.80. The molecule has 34 heavy (non-hydrogen) atoms. The van der Waals surface area contributed by atoms with E-state index in [1.54, 1.807) is 22.0 Å². The van der Waals surface area contributed by atoms with Gasteiger partial charge in [0.05, 0.1) is 27.7 Å². The Morgan fingerprint density at radius 3 is 2.71 bits per heavy atom. The molecule has 0 saturated carbocycles. The fraction of sp³-hybridized carbons (Fsp3) is 0.231. The van der Waals surface area contributed by atoms with Crippen LogP contribution in [0.2, 0.25) is 0 Å². The minimum Gasteiger partial charge on any atom is -0.309 e. The molecule has 0 atom stereocenters. The van der Waals surface area contributed by atoms with E-state index in [1.807, 2.05) is 49.4 Å². The van der Waals surface area contributed by atoms with Crippen LogP contribution in [0.5, 0.6) is 0 Å². The van der Waals surface area contributed by atoms with E-state index in [0.29, 0.717) is 27.6 Å². The van der Waals surface area contributed by atoms with Gasteiger partial charge in [0.2, 0.25) is 0 Å². The van der Waals surface area contributed by atoms with Gasteiger partial charge in [-0.1, -0.05) is 42.1 Å². The molecule has 0 radical (unpaired) electrons. The third-order valence-electron chi connectivity index (χ3n) is 6.31. The number of aromatic amines is 1. The molecule has 1 aliphatic rings. The highest BCUT2D eigenvalue weighted by atomic mass is 32.2. The average Bonchev–Trinajstić information content (AvgIpc) is 3.22. The summed E-state index contributed by atoms with van der Waals surface area (Å²) in [6.07, 6.45) is 4.28. The molecule has 1 aliphatic carbocycles. The topological polar surface area (TPSA) is 80.6 Å². The first-order valence-corrected chi connectivity index (χ1v) is 13.1. The van der Waals surface area contributed by atoms with Crippen LogP contribution in [0.3, 0.4) is 0 Å². The van der Waals surface area contributed by atoms with E-state index in [4.69, 9.17) is 9.97 Å². The lowest BCUT2D eigenvalue weighted by Gasteiger charge is -2.15. The molecule has 5 aromatic rings. The molecule has 3 heterocycles. The predicted octanol–water partition coefficient (Wildman–Crippen LogP) is 5.16. The standard InChI is InChI=1S/C26H22N4O2S2/c1-15-8-2-6-12-19(15)30-25(32)16-9-3-5-11-18(16)27-26(30)33-14-21-28-23(31)22-17-10-4-7-13-20(17)34-24(22)29-21/h2-3,5-6,8-9,11-12H,4,7,10,13-14H2,1H3,(H,28,29,31). The van der Waals surface area contributed by atoms with Crippen molar-refractivity contribution in [2.45, 2.75) is 43.5 Å². The van der Waals surface area contributed by atoms with Crippen LogP contribution in [0.4, 0.5) is 0 Å². The lowest BCUT2D eigenvalue weighted by atomic mass is 9.97. The summed E-state index contributed by atoms with van der Waals surface area (Å²) in [5.41, 5.74) is 3.45. The number of rotatable bonds is 4. The van der Waals surface area contributed by atoms with Gasteiger partial charge in [-0.25, -0.2) is 9.97 Å². The van der Waals surface area contributed by atoms with E-state index in [-0.39, 0.29) is 11.1 Å². The molecule has 170 valence electrons. The number of aryl methyl sites for hydroxylation is 3. The minimum atomic E-state index is -0.106. The summed E-state index contributed by atoms with van der Waals surface area (Å²) < 4.78 is 1.67. The van der Waals surface area contributed by atoms with E-state index < -0.39 is 0 Å². The van der Waals surface area contributed by atoms with Crippen molar-refractivity contribution in [1.29, 1.82) is 0 Å². The Labute approximate surface area is 203 Å². The van der Waals surface area contributed by atoms with Crippen molar-refractivity contribution < 1.29 is 0 Å². The van der Waals surface area contributed by atoms with E-state index in [1.165, 1.54) is 28.6 Å². The molecule has 3 aromatic heterocycles. The van der Waals surface area contributed by atoms with Gasteiger partial charge in [-0.05, 0) is 61.9 Å². The normalized spacial score (nSPS) is 13.4. The van der Waals surface area contributed by atoms with E-state index >= 15 is 0 Å². The third-order valence-corrected chi connectivity index (χ3v) is 8.45. The van der Waals surface area contributed by atoms with Gasteiger partial charge in [0.15, 0.2) is 5.16 Å². The summed E-state index contributed by atoms with van der Waals surface area (Å²) >= 11 is 3.05. The molecule has 2 aromatic carbocycles. The molecule has 6 nitrogen and oxygen atoms in total. The summed E-state index contributed by atoms with van der Waals surface area (Å²) in [6.45, 7) is 1.98. The van der Waals surface area contributed by atoms with Gasteiger partial charge >= 0.3 is 0 Å². The lowest BCUT2D eigenvalue weighted by Crippen LogP contribution is -2.22. The van der Waals surface area contributed by atoms with Crippen molar-refractivity contribution in [2.24, 2.45) is 0 Å². The van der Waals surface area contributed by atoms with Crippen LogP contribution in [0, 0.1) is 6.92 Å². The molecular formula is C26H22N4O2S2. The van der Waals surface area contributed by atoms with Crippen molar-refractivity contribution in [2.75, 3.05) is 0 Å². The zero-order chi connectivity index (χ0) is 23.2. The van der Waals surface area contributed by atoms with Gasteiger partial charge in [0, 0.05) is 4.88 Å². The number of hydrogen-bond acceptors (Lipinski definition) is 6. The third kappa shape index (κ3) is 3.58. The number of aromatic nitrogens is 4. The Balaban J connectivity index is 1.43. The molecule has 0 unspecified atom stereocenters. The second kappa shape index (κ2) is 8.52. The second-order valence-electron chi connectivity index (χ2n) is 8.53. The van der Waals surface area contributed by atoms with Crippen molar-refractivity contribution in [1.82, 2.24) is 19.5 Å². The molecule has 6 rings (SSSR count). The summed E-state index contributed by atoms with van der Waals surface area (Å²) in [6, 6.07) is 15.2. The average molecular weight is 487 g/mol. The number of benzene rings is 2. The number of fused-ring (bicyclic) bond motifs is 4. The maximum absolute atomic E-state index is 13.5. The summed E-state index contributed by atoms with van der Waals surface area (Å²) in [5, 5.41) is 1.91. The first-order valence-electron chi connectivity index (χ1n) is 11.3. The molecule has 0 saturated heterocycles. The molecular weight excluding hydrogens is 464 g/mol. The number of nitrogens with zero attached hydrogens (tertiary/aromatic N) is 3. The molecule has 0 aliphatic heterocycles.